The van der Waals surface area contributed by atoms with Gasteiger partial charge in [0, 0.05) is 43.2 Å². The molecule has 0 aliphatic carbocycles. The van der Waals surface area contributed by atoms with E-state index in [1.807, 2.05) is 71.8 Å². The second-order valence-corrected chi connectivity index (χ2v) is 12.3. The van der Waals surface area contributed by atoms with Crippen molar-refractivity contribution in [1.29, 1.82) is 0 Å². The number of nitrogens with zero attached hydrogens (tertiary/aromatic N) is 5. The summed E-state index contributed by atoms with van der Waals surface area (Å²) in [7, 11) is 1.53. The van der Waals surface area contributed by atoms with E-state index in [9.17, 15) is 9.59 Å². The largest absolute Gasteiger partial charge is 0.493 e. The van der Waals surface area contributed by atoms with Gasteiger partial charge in [-0.1, -0.05) is 30.3 Å². The molecule has 1 aromatic heterocycles. The number of fused-ring (bicyclic) bond motifs is 3. The summed E-state index contributed by atoms with van der Waals surface area (Å²) in [4.78, 5) is 46.8. The smallest absolute Gasteiger partial charge is 0.266 e. The third-order valence-corrected chi connectivity index (χ3v) is 9.29. The lowest BCUT2D eigenvalue weighted by molar-refractivity contribution is 0.0774. The number of anilines is 1. The van der Waals surface area contributed by atoms with Crippen molar-refractivity contribution in [2.24, 2.45) is 4.99 Å². The van der Waals surface area contributed by atoms with Crippen LogP contribution in [0.1, 0.15) is 23.2 Å². The van der Waals surface area contributed by atoms with Crippen LogP contribution >= 0.6 is 0 Å². The van der Waals surface area contributed by atoms with Crippen molar-refractivity contribution in [3.8, 4) is 34.3 Å². The fourth-order valence-electron chi connectivity index (χ4n) is 6.71. The number of methoxy groups -OCH3 is 1. The van der Waals surface area contributed by atoms with Crippen LogP contribution in [0, 0.1) is 0 Å². The minimum atomic E-state index is -0.158. The molecule has 2 saturated heterocycles. The van der Waals surface area contributed by atoms with Crippen LogP contribution in [0.2, 0.25) is 0 Å². The molecule has 3 aliphatic heterocycles. The molecule has 8 rings (SSSR count). The molecule has 2 fully saturated rings. The number of carbonyl (C=O) groups excluding carboxylic acids is 1. The van der Waals surface area contributed by atoms with Gasteiger partial charge in [0.2, 0.25) is 0 Å². The Morgan fingerprint density at radius 1 is 0.900 bits per heavy atom. The zero-order chi connectivity index (χ0) is 34.0. The number of rotatable bonds is 9. The zero-order valence-corrected chi connectivity index (χ0v) is 27.6. The molecule has 12 heteroatoms. The summed E-state index contributed by atoms with van der Waals surface area (Å²) in [6.07, 6.45) is 3.71. The van der Waals surface area contributed by atoms with Gasteiger partial charge in [-0.2, -0.15) is 0 Å². The molecule has 0 unspecified atom stereocenters. The Morgan fingerprint density at radius 2 is 1.70 bits per heavy atom. The third-order valence-electron chi connectivity index (χ3n) is 9.29. The van der Waals surface area contributed by atoms with Gasteiger partial charge in [-0.3, -0.25) is 19.1 Å². The van der Waals surface area contributed by atoms with Gasteiger partial charge in [-0.15, -0.1) is 5.48 Å². The van der Waals surface area contributed by atoms with Crippen LogP contribution in [-0.4, -0.2) is 79.3 Å². The van der Waals surface area contributed by atoms with Gasteiger partial charge in [-0.25, -0.2) is 4.98 Å². The van der Waals surface area contributed by atoms with E-state index in [0.717, 1.165) is 43.7 Å². The fraction of sp³-hybridized carbons (Fsp3) is 0.263. The number of amides is 1. The number of hydroxylamine groups is 1. The van der Waals surface area contributed by atoms with Crippen LogP contribution in [0.3, 0.4) is 0 Å². The summed E-state index contributed by atoms with van der Waals surface area (Å²) < 4.78 is 18.6. The van der Waals surface area contributed by atoms with E-state index in [4.69, 9.17) is 24.0 Å². The highest BCUT2D eigenvalue weighted by Gasteiger charge is 2.32. The maximum atomic E-state index is 14.2. The topological polar surface area (TPSA) is 120 Å². The first-order chi connectivity index (χ1) is 24.6. The van der Waals surface area contributed by atoms with E-state index in [-0.39, 0.29) is 24.2 Å². The van der Waals surface area contributed by atoms with Gasteiger partial charge >= 0.3 is 0 Å². The molecule has 0 saturated carbocycles. The van der Waals surface area contributed by atoms with E-state index in [1.54, 1.807) is 28.8 Å². The molecule has 5 aromatic rings. The number of hydrogen-bond donors (Lipinski definition) is 1. The molecule has 4 aromatic carbocycles. The van der Waals surface area contributed by atoms with Crippen LogP contribution in [-0.2, 0) is 4.74 Å². The predicted molar refractivity (Wildman–Crippen MR) is 190 cm³/mol. The predicted octanol–water partition coefficient (Wildman–Crippen LogP) is 5.14. The summed E-state index contributed by atoms with van der Waals surface area (Å²) >= 11 is 0. The van der Waals surface area contributed by atoms with Crippen molar-refractivity contribution in [2.75, 3.05) is 51.6 Å². The van der Waals surface area contributed by atoms with E-state index >= 15 is 0 Å². The summed E-state index contributed by atoms with van der Waals surface area (Å²) in [6.45, 7) is 3.58. The summed E-state index contributed by atoms with van der Waals surface area (Å²) in [6, 6.07) is 26.2. The lowest BCUT2D eigenvalue weighted by Crippen LogP contribution is -2.36. The molecular weight excluding hydrogens is 636 g/mol. The molecule has 0 radical (unpaired) electrons. The lowest BCUT2D eigenvalue weighted by Gasteiger charge is -2.29. The van der Waals surface area contributed by atoms with Gasteiger partial charge in [0.15, 0.2) is 18.2 Å². The van der Waals surface area contributed by atoms with Crippen LogP contribution in [0.4, 0.5) is 11.4 Å². The average molecular weight is 673 g/mol. The highest BCUT2D eigenvalue weighted by molar-refractivity contribution is 6.03. The van der Waals surface area contributed by atoms with Crippen molar-refractivity contribution in [1.82, 2.24) is 19.9 Å². The molecule has 1 atom stereocenters. The first-order valence-electron chi connectivity index (χ1n) is 16.7. The number of morpholine rings is 1. The zero-order valence-electron chi connectivity index (χ0n) is 27.6. The van der Waals surface area contributed by atoms with Crippen molar-refractivity contribution in [3.63, 3.8) is 0 Å². The summed E-state index contributed by atoms with van der Waals surface area (Å²) in [5, 5.41) is 0.541. The maximum absolute atomic E-state index is 14.2. The normalized spacial score (nSPS) is 17.0. The lowest BCUT2D eigenvalue weighted by atomic mass is 10.1. The Morgan fingerprint density at radius 3 is 2.50 bits per heavy atom. The van der Waals surface area contributed by atoms with Gasteiger partial charge in [0.1, 0.15) is 11.6 Å². The first kappa shape index (κ1) is 31.5. The number of benzene rings is 4. The number of hydrogen-bond acceptors (Lipinski definition) is 10. The highest BCUT2D eigenvalue weighted by atomic mass is 16.7. The van der Waals surface area contributed by atoms with Crippen LogP contribution in [0.15, 0.2) is 94.7 Å². The Labute approximate surface area is 288 Å². The van der Waals surface area contributed by atoms with Crippen molar-refractivity contribution >= 4 is 34.4 Å². The van der Waals surface area contributed by atoms with E-state index in [1.165, 1.54) is 7.11 Å². The number of carbonyl (C=O) groups is 1. The standard InChI is InChI=1S/C38H36N6O6/c1-47-34-21-31-33(39-23-28-8-5-15-43(28)37(31)45)22-35(34)50-40-24-49-29-12-9-26(10-13-29)44-36(25-6-3-2-4-7-25)41-32-14-11-27(20-30(32)38(44)46)42-16-18-48-19-17-42/h2-4,6-7,9-14,20-23,28,40H,5,8,15-19,24H2,1H3/t28-/m0/s1. The quantitative estimate of drug-likeness (QED) is 0.129. The van der Waals surface area contributed by atoms with Gasteiger partial charge in [0.05, 0.1) is 54.2 Å². The van der Waals surface area contributed by atoms with Crippen molar-refractivity contribution in [2.45, 2.75) is 18.9 Å². The number of aliphatic imine (C=N–C) groups is 1. The molecule has 4 heterocycles. The Kier molecular flexibility index (Phi) is 8.61. The first-order valence-corrected chi connectivity index (χ1v) is 16.7. The van der Waals surface area contributed by atoms with Crippen LogP contribution in [0.5, 0.6) is 17.2 Å². The Bertz CT molecular complexity index is 2130. The minimum Gasteiger partial charge on any atom is -0.493 e. The monoisotopic (exact) mass is 672 g/mol. The summed E-state index contributed by atoms with van der Waals surface area (Å²) in [5.41, 5.74) is 6.76. The molecule has 1 N–H and O–H groups in total. The van der Waals surface area contributed by atoms with Crippen LogP contribution < -0.4 is 30.3 Å². The molecule has 12 nitrogen and oxygen atoms in total. The Hall–Kier alpha value is -5.72. The highest BCUT2D eigenvalue weighted by Crippen LogP contribution is 2.38. The second-order valence-electron chi connectivity index (χ2n) is 12.3. The maximum Gasteiger partial charge on any atom is 0.266 e. The molecule has 254 valence electrons. The van der Waals surface area contributed by atoms with E-state index in [2.05, 4.69) is 15.4 Å². The van der Waals surface area contributed by atoms with Gasteiger partial charge < -0.3 is 28.8 Å². The number of ether oxygens (including phenoxy) is 3. The molecule has 0 spiro atoms. The molecule has 50 heavy (non-hydrogen) atoms. The number of nitrogens with one attached hydrogen (secondary N) is 1. The molecule has 3 aliphatic rings. The summed E-state index contributed by atoms with van der Waals surface area (Å²) in [5.74, 6) is 1.84. The third kappa shape index (κ3) is 6.03. The average Bonchev–Trinajstić information content (AvgIpc) is 3.60. The fourth-order valence-corrected chi connectivity index (χ4v) is 6.71. The van der Waals surface area contributed by atoms with Gasteiger partial charge in [0.25, 0.3) is 11.5 Å². The Balaban J connectivity index is 1.01. The SMILES string of the molecule is COc1cc2c(cc1ONCOc1ccc(-n3c(-c4ccccc4)nc4ccc(N5CCOCC5)cc4c3=O)cc1)N=C[C@@H]1CCCN1C2=O. The van der Waals surface area contributed by atoms with E-state index in [0.29, 0.717) is 64.1 Å². The molecule has 1 amide bonds. The van der Waals surface area contributed by atoms with Crippen LogP contribution in [0.25, 0.3) is 28.0 Å². The molecular formula is C38H36N6O6. The van der Waals surface area contributed by atoms with Crippen molar-refractivity contribution < 1.29 is 23.8 Å². The minimum absolute atomic E-state index is 0.00863. The second kappa shape index (κ2) is 13.7. The molecule has 0 bridgehead atoms. The van der Waals surface area contributed by atoms with E-state index < -0.39 is 0 Å². The number of aromatic nitrogens is 2. The van der Waals surface area contributed by atoms with Gasteiger partial charge in [-0.05, 0) is 61.4 Å². The van der Waals surface area contributed by atoms with Crippen molar-refractivity contribution in [3.05, 3.63) is 101 Å².